The summed E-state index contributed by atoms with van der Waals surface area (Å²) in [6.07, 6.45) is 7.55. The molecule has 4 aromatic rings. The van der Waals surface area contributed by atoms with E-state index in [0.717, 1.165) is 51.4 Å². The average Bonchev–Trinajstić information content (AvgIpc) is 3.12. The van der Waals surface area contributed by atoms with E-state index in [4.69, 9.17) is 10.7 Å². The molecule has 0 spiro atoms. The number of nitrogens with two attached hydrogens (primary N) is 1. The minimum atomic E-state index is 0.629. The zero-order valence-corrected chi connectivity index (χ0v) is 20.5. The highest BCUT2D eigenvalue weighted by Crippen LogP contribution is 2.48. The lowest BCUT2D eigenvalue weighted by Crippen LogP contribution is -2.21. The second-order valence-corrected chi connectivity index (χ2v) is 11.2. The summed E-state index contributed by atoms with van der Waals surface area (Å²) in [6, 6.07) is 12.5. The number of thiophene rings is 1. The van der Waals surface area contributed by atoms with Gasteiger partial charge in [0.1, 0.15) is 4.83 Å². The van der Waals surface area contributed by atoms with Crippen LogP contribution in [0.3, 0.4) is 0 Å². The number of nitrogen functional groups attached to an aromatic ring is 1. The van der Waals surface area contributed by atoms with Crippen LogP contribution in [0.2, 0.25) is 0 Å². The minimum Gasteiger partial charge on any atom is -0.397 e. The van der Waals surface area contributed by atoms with Gasteiger partial charge in [-0.05, 0) is 44.1 Å². The molecule has 33 heavy (non-hydrogen) atoms. The van der Waals surface area contributed by atoms with Gasteiger partial charge in [0.15, 0.2) is 0 Å². The molecule has 3 N–H and O–H groups in total. The van der Waals surface area contributed by atoms with Gasteiger partial charge in [-0.1, -0.05) is 36.8 Å². The molecule has 6 nitrogen and oxygen atoms in total. The number of aromatic nitrogens is 3. The highest BCUT2D eigenvalue weighted by Gasteiger charge is 2.24. The Morgan fingerprint density at radius 1 is 1.12 bits per heavy atom. The van der Waals surface area contributed by atoms with Crippen molar-refractivity contribution in [1.29, 1.82) is 0 Å². The van der Waals surface area contributed by atoms with Crippen LogP contribution in [0.5, 0.6) is 0 Å². The molecule has 0 bridgehead atoms. The summed E-state index contributed by atoms with van der Waals surface area (Å²) in [7, 11) is 4.09. The van der Waals surface area contributed by atoms with Crippen molar-refractivity contribution in [3.63, 3.8) is 0 Å². The van der Waals surface area contributed by atoms with E-state index in [1.807, 2.05) is 44.3 Å². The Labute approximate surface area is 202 Å². The topological polar surface area (TPSA) is 80.0 Å². The molecular formula is C25H28N6S2. The molecular weight excluding hydrogens is 448 g/mol. The molecule has 1 aromatic carbocycles. The van der Waals surface area contributed by atoms with Crippen LogP contribution in [0.25, 0.3) is 32.6 Å². The quantitative estimate of drug-likeness (QED) is 0.342. The van der Waals surface area contributed by atoms with Crippen LogP contribution < -0.4 is 11.1 Å². The summed E-state index contributed by atoms with van der Waals surface area (Å²) < 4.78 is 1.19. The lowest BCUT2D eigenvalue weighted by Gasteiger charge is -2.23. The molecule has 1 aliphatic rings. The van der Waals surface area contributed by atoms with Crippen molar-refractivity contribution >= 4 is 45.0 Å². The summed E-state index contributed by atoms with van der Waals surface area (Å²) in [6.45, 7) is 1.72. The number of benzene rings is 1. The summed E-state index contributed by atoms with van der Waals surface area (Å²) in [5, 5.41) is 5.00. The number of hydrogen-bond acceptors (Lipinski definition) is 8. The van der Waals surface area contributed by atoms with Gasteiger partial charge in [0.05, 0.1) is 15.6 Å². The summed E-state index contributed by atoms with van der Waals surface area (Å²) in [4.78, 5) is 17.1. The van der Waals surface area contributed by atoms with Crippen LogP contribution in [-0.2, 0) is 0 Å². The number of nitrogens with one attached hydrogen (secondary N) is 1. The van der Waals surface area contributed by atoms with Gasteiger partial charge < -0.3 is 16.0 Å². The van der Waals surface area contributed by atoms with Crippen molar-refractivity contribution < 1.29 is 0 Å². The van der Waals surface area contributed by atoms with Crippen molar-refractivity contribution in [3.05, 3.63) is 48.8 Å². The van der Waals surface area contributed by atoms with Gasteiger partial charge in [-0.3, -0.25) is 0 Å². The first kappa shape index (κ1) is 22.1. The zero-order chi connectivity index (χ0) is 22.8. The molecule has 0 saturated heterocycles. The first-order valence-corrected chi connectivity index (χ1v) is 12.9. The number of likely N-dealkylation sites (N-methyl/N-ethyl adjacent to an activating group) is 1. The van der Waals surface area contributed by atoms with E-state index in [2.05, 4.69) is 50.5 Å². The van der Waals surface area contributed by atoms with Crippen LogP contribution >= 0.6 is 23.1 Å². The van der Waals surface area contributed by atoms with Crippen LogP contribution in [0.15, 0.2) is 53.0 Å². The third-order valence-corrected chi connectivity index (χ3v) is 8.54. The molecule has 1 fully saturated rings. The Balaban J connectivity index is 1.52. The van der Waals surface area contributed by atoms with Crippen LogP contribution in [-0.4, -0.2) is 52.3 Å². The lowest BCUT2D eigenvalue weighted by molar-refractivity contribution is 0.425. The maximum atomic E-state index is 6.69. The third kappa shape index (κ3) is 4.83. The molecule has 3 heterocycles. The smallest absolute Gasteiger partial charge is 0.222 e. The van der Waals surface area contributed by atoms with E-state index < -0.39 is 0 Å². The first-order valence-electron chi connectivity index (χ1n) is 11.2. The van der Waals surface area contributed by atoms with Crippen LogP contribution in [0, 0.1) is 0 Å². The fourth-order valence-electron chi connectivity index (χ4n) is 3.76. The molecule has 1 saturated carbocycles. The number of pyridine rings is 1. The third-order valence-electron chi connectivity index (χ3n) is 5.87. The molecule has 0 aliphatic heterocycles. The van der Waals surface area contributed by atoms with Crippen molar-refractivity contribution in [1.82, 2.24) is 19.9 Å². The second kappa shape index (κ2) is 9.67. The number of hydrogen-bond donors (Lipinski definition) is 2. The normalized spacial score (nSPS) is 14.0. The zero-order valence-electron chi connectivity index (χ0n) is 18.9. The Morgan fingerprint density at radius 3 is 2.55 bits per heavy atom. The molecule has 0 unspecified atom stereocenters. The molecule has 0 amide bonds. The number of rotatable bonds is 8. The highest BCUT2D eigenvalue weighted by molar-refractivity contribution is 8.02. The van der Waals surface area contributed by atoms with Crippen molar-refractivity contribution in [3.8, 4) is 22.4 Å². The Hall–Kier alpha value is -2.68. The molecule has 8 heteroatoms. The first-order chi connectivity index (χ1) is 16.1. The maximum Gasteiger partial charge on any atom is 0.222 e. The number of thioether (sulfide) groups is 1. The Bertz CT molecular complexity index is 1230. The van der Waals surface area contributed by atoms with Gasteiger partial charge in [0.2, 0.25) is 5.95 Å². The standard InChI is InChI=1S/C25H28N6S2/c1-31(2)12-11-27-25-28-14-17(15-29-25)20-13-19(16-7-4-3-5-8-16)21-22(26)24(33-23(21)30-20)32-18-9-6-10-18/h3-5,7-8,13-15,18H,6,9-12,26H2,1-2H3,(H,27,28,29). The van der Waals surface area contributed by atoms with Crippen LogP contribution in [0.4, 0.5) is 11.6 Å². The van der Waals surface area contributed by atoms with Gasteiger partial charge in [0.25, 0.3) is 0 Å². The lowest BCUT2D eigenvalue weighted by atomic mass is 10.00. The molecule has 5 rings (SSSR count). The van der Waals surface area contributed by atoms with Gasteiger partial charge in [-0.2, -0.15) is 0 Å². The van der Waals surface area contributed by atoms with Gasteiger partial charge >= 0.3 is 0 Å². The summed E-state index contributed by atoms with van der Waals surface area (Å²) in [5.74, 6) is 0.629. The van der Waals surface area contributed by atoms with E-state index in [1.54, 1.807) is 11.3 Å². The number of nitrogens with zero attached hydrogens (tertiary/aromatic N) is 4. The van der Waals surface area contributed by atoms with E-state index in [0.29, 0.717) is 11.2 Å². The second-order valence-electron chi connectivity index (χ2n) is 8.60. The molecule has 0 atom stereocenters. The van der Waals surface area contributed by atoms with Gasteiger partial charge in [0, 0.05) is 41.7 Å². The Morgan fingerprint density at radius 2 is 1.88 bits per heavy atom. The van der Waals surface area contributed by atoms with E-state index in [1.165, 1.54) is 23.5 Å². The molecule has 1 aliphatic carbocycles. The maximum absolute atomic E-state index is 6.69. The highest BCUT2D eigenvalue weighted by atomic mass is 32.2. The molecule has 0 radical (unpaired) electrons. The molecule has 170 valence electrons. The SMILES string of the molecule is CN(C)CCNc1ncc(-c2cc(-c3ccccc3)c3c(N)c(SC4CCC4)sc3n2)cn1. The Kier molecular flexibility index (Phi) is 6.48. The average molecular weight is 477 g/mol. The van der Waals surface area contributed by atoms with Crippen molar-refractivity contribution in [2.75, 3.05) is 38.2 Å². The largest absolute Gasteiger partial charge is 0.397 e. The fourth-order valence-corrected chi connectivity index (χ4v) is 6.56. The minimum absolute atomic E-state index is 0.629. The van der Waals surface area contributed by atoms with Crippen molar-refractivity contribution in [2.24, 2.45) is 0 Å². The molecule has 3 aromatic heterocycles. The van der Waals surface area contributed by atoms with E-state index in [9.17, 15) is 0 Å². The van der Waals surface area contributed by atoms with E-state index in [-0.39, 0.29) is 0 Å². The number of anilines is 2. The summed E-state index contributed by atoms with van der Waals surface area (Å²) >= 11 is 3.62. The van der Waals surface area contributed by atoms with Crippen molar-refractivity contribution in [2.45, 2.75) is 28.7 Å². The van der Waals surface area contributed by atoms with Crippen LogP contribution in [0.1, 0.15) is 19.3 Å². The van der Waals surface area contributed by atoms with Gasteiger partial charge in [-0.15, -0.1) is 23.1 Å². The monoisotopic (exact) mass is 476 g/mol. The summed E-state index contributed by atoms with van der Waals surface area (Å²) in [5.41, 5.74) is 11.6. The predicted octanol–water partition coefficient (Wildman–Crippen LogP) is 5.62. The fraction of sp³-hybridized carbons (Fsp3) is 0.320. The van der Waals surface area contributed by atoms with Gasteiger partial charge in [-0.25, -0.2) is 15.0 Å². The number of fused-ring (bicyclic) bond motifs is 1. The van der Waals surface area contributed by atoms with E-state index >= 15 is 0 Å². The predicted molar refractivity (Wildman–Crippen MR) is 141 cm³/mol.